The van der Waals surface area contributed by atoms with Crippen molar-refractivity contribution in [3.05, 3.63) is 12.2 Å². The number of hydrogen-bond acceptors (Lipinski definition) is 3. The van der Waals surface area contributed by atoms with Crippen molar-refractivity contribution < 1.29 is 14.3 Å². The lowest BCUT2D eigenvalue weighted by atomic mass is 10.0. The maximum absolute atomic E-state index is 11.0. The third-order valence-corrected chi connectivity index (χ3v) is 1.58. The number of carbonyl (C=O) groups is 2. The van der Waals surface area contributed by atoms with Gasteiger partial charge in [-0.05, 0) is 20.3 Å². The number of esters is 1. The van der Waals surface area contributed by atoms with E-state index >= 15 is 0 Å². The van der Waals surface area contributed by atoms with Gasteiger partial charge < -0.3 is 4.74 Å². The van der Waals surface area contributed by atoms with E-state index < -0.39 is 11.9 Å². The molecule has 0 saturated carbocycles. The quantitative estimate of drug-likeness (QED) is 0.363. The predicted octanol–water partition coefficient (Wildman–Crippen LogP) is 1.33. The Balaban J connectivity index is 4.23. The molecule has 0 aromatic heterocycles. The normalized spacial score (nSPS) is 12.9. The fourth-order valence-electron chi connectivity index (χ4n) is 0.843. The first kappa shape index (κ1) is 10.9. The lowest BCUT2D eigenvalue weighted by Gasteiger charge is -2.07. The van der Waals surface area contributed by atoms with E-state index in [9.17, 15) is 9.59 Å². The van der Waals surface area contributed by atoms with Crippen LogP contribution in [0.15, 0.2) is 12.2 Å². The van der Waals surface area contributed by atoms with Gasteiger partial charge in [-0.2, -0.15) is 0 Å². The molecule has 0 aromatic rings. The SMILES string of the molecule is C/C=C/CC(C(C)=O)C(=O)OC. The zero-order valence-corrected chi connectivity index (χ0v) is 7.66. The van der Waals surface area contributed by atoms with E-state index in [0.29, 0.717) is 6.42 Å². The number of hydrogen-bond donors (Lipinski definition) is 0. The summed E-state index contributed by atoms with van der Waals surface area (Å²) < 4.78 is 4.48. The molecule has 0 radical (unpaired) electrons. The van der Waals surface area contributed by atoms with Crippen LogP contribution in [0.5, 0.6) is 0 Å². The molecule has 0 heterocycles. The molecule has 0 bridgehead atoms. The average Bonchev–Trinajstić information content (AvgIpc) is 2.04. The summed E-state index contributed by atoms with van der Waals surface area (Å²) in [5.41, 5.74) is 0. The van der Waals surface area contributed by atoms with E-state index in [-0.39, 0.29) is 5.78 Å². The highest BCUT2D eigenvalue weighted by atomic mass is 16.5. The second kappa shape index (κ2) is 5.52. The number of carbonyl (C=O) groups excluding carboxylic acids is 2. The van der Waals surface area contributed by atoms with E-state index in [1.165, 1.54) is 14.0 Å². The molecule has 0 N–H and O–H groups in total. The van der Waals surface area contributed by atoms with Gasteiger partial charge in [-0.3, -0.25) is 9.59 Å². The van der Waals surface area contributed by atoms with Gasteiger partial charge >= 0.3 is 5.97 Å². The van der Waals surface area contributed by atoms with Gasteiger partial charge in [0.15, 0.2) is 0 Å². The number of ether oxygens (including phenoxy) is 1. The summed E-state index contributed by atoms with van der Waals surface area (Å²) >= 11 is 0. The van der Waals surface area contributed by atoms with Crippen LogP contribution < -0.4 is 0 Å². The third-order valence-electron chi connectivity index (χ3n) is 1.58. The van der Waals surface area contributed by atoms with E-state index in [0.717, 1.165) is 0 Å². The topological polar surface area (TPSA) is 43.4 Å². The summed E-state index contributed by atoms with van der Waals surface area (Å²) in [6.45, 7) is 3.24. The van der Waals surface area contributed by atoms with Gasteiger partial charge in [0.25, 0.3) is 0 Å². The van der Waals surface area contributed by atoms with Gasteiger partial charge in [0.05, 0.1) is 7.11 Å². The zero-order valence-electron chi connectivity index (χ0n) is 7.66. The summed E-state index contributed by atoms with van der Waals surface area (Å²) in [7, 11) is 1.29. The molecule has 3 heteroatoms. The minimum absolute atomic E-state index is 0.153. The van der Waals surface area contributed by atoms with Crippen LogP contribution >= 0.6 is 0 Å². The van der Waals surface area contributed by atoms with E-state index in [1.807, 2.05) is 6.92 Å². The molecule has 0 saturated heterocycles. The average molecular weight is 170 g/mol. The van der Waals surface area contributed by atoms with Gasteiger partial charge in [-0.1, -0.05) is 12.2 Å². The molecule has 0 fully saturated rings. The van der Waals surface area contributed by atoms with Crippen molar-refractivity contribution in [3.8, 4) is 0 Å². The van der Waals surface area contributed by atoms with Gasteiger partial charge in [0, 0.05) is 0 Å². The minimum atomic E-state index is -0.633. The van der Waals surface area contributed by atoms with Gasteiger partial charge in [-0.15, -0.1) is 0 Å². The number of ketones is 1. The van der Waals surface area contributed by atoms with E-state index in [2.05, 4.69) is 4.74 Å². The second-order valence-electron chi connectivity index (χ2n) is 2.49. The lowest BCUT2D eigenvalue weighted by Crippen LogP contribution is -2.22. The van der Waals surface area contributed by atoms with Crippen LogP contribution in [0.3, 0.4) is 0 Å². The van der Waals surface area contributed by atoms with E-state index in [1.54, 1.807) is 12.2 Å². The van der Waals surface area contributed by atoms with Crippen LogP contribution in [0.25, 0.3) is 0 Å². The Bertz CT molecular complexity index is 194. The molecule has 0 aliphatic rings. The number of Topliss-reactive ketones (excluding diaryl/α,β-unsaturated/α-hetero) is 1. The van der Waals surface area contributed by atoms with Gasteiger partial charge in [-0.25, -0.2) is 0 Å². The van der Waals surface area contributed by atoms with Crippen molar-refractivity contribution in [3.63, 3.8) is 0 Å². The Labute approximate surface area is 72.4 Å². The molecule has 0 aromatic carbocycles. The maximum Gasteiger partial charge on any atom is 0.316 e. The van der Waals surface area contributed by atoms with Crippen molar-refractivity contribution in [2.45, 2.75) is 20.3 Å². The van der Waals surface area contributed by atoms with Gasteiger partial charge in [0.1, 0.15) is 11.7 Å². The Morgan fingerprint density at radius 1 is 1.50 bits per heavy atom. The summed E-state index contributed by atoms with van der Waals surface area (Å²) in [5, 5.41) is 0. The molecule has 3 nitrogen and oxygen atoms in total. The van der Waals surface area contributed by atoms with Crippen molar-refractivity contribution in [1.82, 2.24) is 0 Å². The molecule has 0 aliphatic carbocycles. The smallest absolute Gasteiger partial charge is 0.316 e. The fraction of sp³-hybridized carbons (Fsp3) is 0.556. The number of methoxy groups -OCH3 is 1. The van der Waals surface area contributed by atoms with Crippen LogP contribution in [-0.4, -0.2) is 18.9 Å². The monoisotopic (exact) mass is 170 g/mol. The zero-order chi connectivity index (χ0) is 9.56. The van der Waals surface area contributed by atoms with Crippen LogP contribution in [-0.2, 0) is 14.3 Å². The molecule has 0 spiro atoms. The fourth-order valence-corrected chi connectivity index (χ4v) is 0.843. The highest BCUT2D eigenvalue weighted by Gasteiger charge is 2.21. The summed E-state index contributed by atoms with van der Waals surface area (Å²) in [6, 6.07) is 0. The van der Waals surface area contributed by atoms with Crippen LogP contribution in [0.1, 0.15) is 20.3 Å². The minimum Gasteiger partial charge on any atom is -0.468 e. The summed E-state index contributed by atoms with van der Waals surface area (Å²) in [5.74, 6) is -1.24. The third kappa shape index (κ3) is 3.32. The molecule has 0 aliphatic heterocycles. The van der Waals surface area contributed by atoms with Crippen molar-refractivity contribution in [2.24, 2.45) is 5.92 Å². The highest BCUT2D eigenvalue weighted by Crippen LogP contribution is 2.07. The second-order valence-corrected chi connectivity index (χ2v) is 2.49. The highest BCUT2D eigenvalue weighted by molar-refractivity contribution is 5.97. The molecule has 0 amide bonds. The molecular weight excluding hydrogens is 156 g/mol. The molecule has 12 heavy (non-hydrogen) atoms. The largest absolute Gasteiger partial charge is 0.468 e. The van der Waals surface area contributed by atoms with Crippen LogP contribution in [0.4, 0.5) is 0 Å². The molecular formula is C9H14O3. The molecule has 1 unspecified atom stereocenters. The lowest BCUT2D eigenvalue weighted by molar-refractivity contribution is -0.148. The Morgan fingerprint density at radius 2 is 2.08 bits per heavy atom. The number of rotatable bonds is 4. The molecule has 0 rings (SSSR count). The molecule has 1 atom stereocenters. The van der Waals surface area contributed by atoms with E-state index in [4.69, 9.17) is 0 Å². The van der Waals surface area contributed by atoms with Gasteiger partial charge in [0.2, 0.25) is 0 Å². The number of allylic oxidation sites excluding steroid dienone is 2. The van der Waals surface area contributed by atoms with Crippen LogP contribution in [0, 0.1) is 5.92 Å². The maximum atomic E-state index is 11.0. The predicted molar refractivity (Wildman–Crippen MR) is 45.6 cm³/mol. The first-order valence-electron chi connectivity index (χ1n) is 3.83. The Hall–Kier alpha value is -1.12. The summed E-state index contributed by atoms with van der Waals surface area (Å²) in [4.78, 5) is 21.9. The Kier molecular flexibility index (Phi) is 5.00. The first-order chi connectivity index (χ1) is 5.63. The van der Waals surface area contributed by atoms with Crippen molar-refractivity contribution in [2.75, 3.05) is 7.11 Å². The Morgan fingerprint density at radius 3 is 2.42 bits per heavy atom. The molecule has 68 valence electrons. The van der Waals surface area contributed by atoms with Crippen LogP contribution in [0.2, 0.25) is 0 Å². The van der Waals surface area contributed by atoms with Crippen molar-refractivity contribution >= 4 is 11.8 Å². The van der Waals surface area contributed by atoms with Crippen molar-refractivity contribution in [1.29, 1.82) is 0 Å². The first-order valence-corrected chi connectivity index (χ1v) is 3.83. The standard InChI is InChI=1S/C9H14O3/c1-4-5-6-8(7(2)10)9(11)12-3/h4-5,8H,6H2,1-3H3/b5-4+. The summed E-state index contributed by atoms with van der Waals surface area (Å²) in [6.07, 6.45) is 4.01.